The quantitative estimate of drug-likeness (QED) is 0.389. The Balaban J connectivity index is 3.84. The highest BCUT2D eigenvalue weighted by atomic mass is 16.4. The van der Waals surface area contributed by atoms with E-state index in [1.54, 1.807) is 0 Å². The summed E-state index contributed by atoms with van der Waals surface area (Å²) in [4.78, 5) is 21.8. The predicted molar refractivity (Wildman–Crippen MR) is 54.4 cm³/mol. The SMILES string of the molecule is CCCNCC(=O)N[C@@H](CCO)C(=O)O. The maximum atomic E-state index is 11.2. The van der Waals surface area contributed by atoms with E-state index in [4.69, 9.17) is 10.2 Å². The summed E-state index contributed by atoms with van der Waals surface area (Å²) >= 11 is 0. The summed E-state index contributed by atoms with van der Waals surface area (Å²) in [7, 11) is 0. The fourth-order valence-corrected chi connectivity index (χ4v) is 1.01. The van der Waals surface area contributed by atoms with Crippen LogP contribution in [0, 0.1) is 0 Å². The molecule has 88 valence electrons. The van der Waals surface area contributed by atoms with Gasteiger partial charge in [0.1, 0.15) is 6.04 Å². The number of hydrogen-bond acceptors (Lipinski definition) is 4. The smallest absolute Gasteiger partial charge is 0.326 e. The van der Waals surface area contributed by atoms with Crippen LogP contribution in [0.25, 0.3) is 0 Å². The summed E-state index contributed by atoms with van der Waals surface area (Å²) in [6.07, 6.45) is 0.932. The number of rotatable bonds is 8. The Morgan fingerprint density at radius 3 is 2.53 bits per heavy atom. The number of aliphatic hydroxyl groups excluding tert-OH is 1. The lowest BCUT2D eigenvalue weighted by molar-refractivity contribution is -0.142. The number of nitrogens with one attached hydrogen (secondary N) is 2. The van der Waals surface area contributed by atoms with Crippen molar-refractivity contribution in [2.45, 2.75) is 25.8 Å². The average molecular weight is 218 g/mol. The van der Waals surface area contributed by atoms with Crippen LogP contribution in [0.3, 0.4) is 0 Å². The van der Waals surface area contributed by atoms with Crippen molar-refractivity contribution in [2.75, 3.05) is 19.7 Å². The van der Waals surface area contributed by atoms with Crippen molar-refractivity contribution in [2.24, 2.45) is 0 Å². The summed E-state index contributed by atoms with van der Waals surface area (Å²) in [5.41, 5.74) is 0. The van der Waals surface area contributed by atoms with Gasteiger partial charge in [0.2, 0.25) is 5.91 Å². The van der Waals surface area contributed by atoms with Gasteiger partial charge in [0.25, 0.3) is 0 Å². The summed E-state index contributed by atoms with van der Waals surface area (Å²) in [5.74, 6) is -1.50. The van der Waals surface area contributed by atoms with Gasteiger partial charge in [0.05, 0.1) is 6.54 Å². The van der Waals surface area contributed by atoms with E-state index in [9.17, 15) is 9.59 Å². The average Bonchev–Trinajstić information content (AvgIpc) is 2.17. The van der Waals surface area contributed by atoms with Crippen molar-refractivity contribution in [1.82, 2.24) is 10.6 Å². The van der Waals surface area contributed by atoms with Crippen molar-refractivity contribution in [3.63, 3.8) is 0 Å². The van der Waals surface area contributed by atoms with Crippen LogP contribution in [0.4, 0.5) is 0 Å². The molecule has 0 fully saturated rings. The van der Waals surface area contributed by atoms with Gasteiger partial charge in [-0.1, -0.05) is 6.92 Å². The predicted octanol–water partition coefficient (Wildman–Crippen LogP) is -1.06. The lowest BCUT2D eigenvalue weighted by Gasteiger charge is -2.13. The molecule has 0 saturated heterocycles. The lowest BCUT2D eigenvalue weighted by atomic mass is 10.2. The fraction of sp³-hybridized carbons (Fsp3) is 0.778. The third kappa shape index (κ3) is 6.87. The Labute approximate surface area is 88.7 Å². The largest absolute Gasteiger partial charge is 0.480 e. The number of hydrogen-bond donors (Lipinski definition) is 4. The summed E-state index contributed by atoms with van der Waals surface area (Å²) < 4.78 is 0. The second kappa shape index (κ2) is 8.19. The van der Waals surface area contributed by atoms with Gasteiger partial charge in [0.15, 0.2) is 0 Å². The first kappa shape index (κ1) is 13.9. The molecule has 0 bridgehead atoms. The van der Waals surface area contributed by atoms with Crippen LogP contribution in [-0.2, 0) is 9.59 Å². The molecule has 1 atom stereocenters. The minimum Gasteiger partial charge on any atom is -0.480 e. The van der Waals surface area contributed by atoms with Crippen LogP contribution >= 0.6 is 0 Å². The van der Waals surface area contributed by atoms with Crippen LogP contribution in [0.5, 0.6) is 0 Å². The number of aliphatic carboxylic acids is 1. The lowest BCUT2D eigenvalue weighted by Crippen LogP contribution is -2.45. The maximum absolute atomic E-state index is 11.2. The van der Waals surface area contributed by atoms with Crippen molar-refractivity contribution in [3.05, 3.63) is 0 Å². The van der Waals surface area contributed by atoms with E-state index < -0.39 is 12.0 Å². The molecule has 0 radical (unpaired) electrons. The molecule has 0 aliphatic rings. The van der Waals surface area contributed by atoms with Crippen molar-refractivity contribution in [1.29, 1.82) is 0 Å². The Morgan fingerprint density at radius 2 is 2.07 bits per heavy atom. The molecular formula is C9H18N2O4. The van der Waals surface area contributed by atoms with Crippen molar-refractivity contribution >= 4 is 11.9 Å². The van der Waals surface area contributed by atoms with E-state index in [2.05, 4.69) is 10.6 Å². The highest BCUT2D eigenvalue weighted by Crippen LogP contribution is 1.90. The van der Waals surface area contributed by atoms with Gasteiger partial charge in [-0.25, -0.2) is 4.79 Å². The minimum absolute atomic E-state index is 0.0227. The zero-order valence-corrected chi connectivity index (χ0v) is 8.82. The van der Waals surface area contributed by atoms with Gasteiger partial charge in [-0.15, -0.1) is 0 Å². The molecule has 0 aliphatic carbocycles. The van der Waals surface area contributed by atoms with Crippen LogP contribution in [0.1, 0.15) is 19.8 Å². The summed E-state index contributed by atoms with van der Waals surface area (Å²) in [5, 5.41) is 22.4. The molecule has 0 rings (SSSR count). The van der Waals surface area contributed by atoms with E-state index in [0.29, 0.717) is 6.54 Å². The zero-order valence-electron chi connectivity index (χ0n) is 8.82. The van der Waals surface area contributed by atoms with E-state index in [1.807, 2.05) is 6.92 Å². The third-order valence-electron chi connectivity index (χ3n) is 1.76. The first-order valence-corrected chi connectivity index (χ1v) is 4.95. The molecule has 0 saturated carbocycles. The molecule has 15 heavy (non-hydrogen) atoms. The van der Waals surface area contributed by atoms with Crippen LogP contribution < -0.4 is 10.6 Å². The Hall–Kier alpha value is -1.14. The van der Waals surface area contributed by atoms with Crippen LogP contribution in [0.15, 0.2) is 0 Å². The van der Waals surface area contributed by atoms with E-state index in [1.165, 1.54) is 0 Å². The monoisotopic (exact) mass is 218 g/mol. The summed E-state index contributed by atoms with van der Waals surface area (Å²) in [6, 6.07) is -1.01. The van der Waals surface area contributed by atoms with Gasteiger partial charge in [0, 0.05) is 13.0 Å². The molecular weight excluding hydrogens is 200 g/mol. The number of aliphatic hydroxyl groups is 1. The van der Waals surface area contributed by atoms with Crippen LogP contribution in [-0.4, -0.2) is 47.8 Å². The Bertz CT molecular complexity index is 208. The second-order valence-corrected chi connectivity index (χ2v) is 3.15. The van der Waals surface area contributed by atoms with Crippen LogP contribution in [0.2, 0.25) is 0 Å². The van der Waals surface area contributed by atoms with E-state index in [-0.39, 0.29) is 25.5 Å². The first-order chi connectivity index (χ1) is 7.11. The van der Waals surface area contributed by atoms with E-state index >= 15 is 0 Å². The van der Waals surface area contributed by atoms with Gasteiger partial charge in [-0.2, -0.15) is 0 Å². The minimum atomic E-state index is -1.13. The number of amides is 1. The fourth-order valence-electron chi connectivity index (χ4n) is 1.01. The molecule has 6 heteroatoms. The van der Waals surface area contributed by atoms with Crippen molar-refractivity contribution < 1.29 is 19.8 Å². The molecule has 1 amide bonds. The first-order valence-electron chi connectivity index (χ1n) is 4.95. The standard InChI is InChI=1S/C9H18N2O4/c1-2-4-10-6-8(13)11-7(3-5-12)9(14)15/h7,10,12H,2-6H2,1H3,(H,11,13)(H,14,15)/t7-/m0/s1. The molecule has 4 N–H and O–H groups in total. The Kier molecular flexibility index (Phi) is 7.57. The molecule has 0 aromatic rings. The molecule has 0 heterocycles. The molecule has 0 unspecified atom stereocenters. The second-order valence-electron chi connectivity index (χ2n) is 3.15. The van der Waals surface area contributed by atoms with Gasteiger partial charge in [-0.05, 0) is 13.0 Å². The molecule has 0 aliphatic heterocycles. The van der Waals surface area contributed by atoms with Crippen molar-refractivity contribution in [3.8, 4) is 0 Å². The molecule has 0 aromatic heterocycles. The summed E-state index contributed by atoms with van der Waals surface area (Å²) in [6.45, 7) is 2.52. The molecule has 0 spiro atoms. The number of carbonyl (C=O) groups is 2. The Morgan fingerprint density at radius 1 is 1.40 bits per heavy atom. The van der Waals surface area contributed by atoms with E-state index in [0.717, 1.165) is 6.42 Å². The highest BCUT2D eigenvalue weighted by molar-refractivity contribution is 5.84. The maximum Gasteiger partial charge on any atom is 0.326 e. The van der Waals surface area contributed by atoms with Gasteiger partial charge in [-0.3, -0.25) is 4.79 Å². The zero-order chi connectivity index (χ0) is 11.7. The highest BCUT2D eigenvalue weighted by Gasteiger charge is 2.18. The number of carbonyl (C=O) groups excluding carboxylic acids is 1. The normalized spacial score (nSPS) is 12.1. The van der Waals surface area contributed by atoms with Gasteiger partial charge < -0.3 is 20.8 Å². The number of carboxylic acid groups (broad SMARTS) is 1. The molecule has 6 nitrogen and oxygen atoms in total. The van der Waals surface area contributed by atoms with Gasteiger partial charge >= 0.3 is 5.97 Å². The topological polar surface area (TPSA) is 98.7 Å². The number of carboxylic acids is 1. The third-order valence-corrected chi connectivity index (χ3v) is 1.76. The molecule has 0 aromatic carbocycles.